The van der Waals surface area contributed by atoms with Gasteiger partial charge in [0.2, 0.25) is 0 Å². The second-order valence-corrected chi connectivity index (χ2v) is 4.80. The zero-order valence-corrected chi connectivity index (χ0v) is 12.6. The lowest BCUT2D eigenvalue weighted by atomic mass is 10.1. The number of allylic oxidation sites excluding steroid dienone is 2. The molecule has 0 bridgehead atoms. The Morgan fingerprint density at radius 2 is 2.26 bits per heavy atom. The first kappa shape index (κ1) is 14.0. The maximum atomic E-state index is 5.98. The maximum Gasteiger partial charge on any atom is 0.129 e. The van der Waals surface area contributed by atoms with E-state index in [9.17, 15) is 0 Å². The Balaban J connectivity index is 2.61. The number of nitrogens with two attached hydrogens (primary N) is 1. The number of hydrogen-bond donors (Lipinski definition) is 1. The van der Waals surface area contributed by atoms with E-state index < -0.39 is 0 Å². The molecule has 0 aliphatic heterocycles. The number of hydrogen-bond acceptors (Lipinski definition) is 4. The van der Waals surface area contributed by atoms with E-state index in [1.807, 2.05) is 12.1 Å². The van der Waals surface area contributed by atoms with Crippen molar-refractivity contribution < 1.29 is 0 Å². The standard InChI is InChI=1S/C13H12BrClN4/c1-17-7-9(10(16)5-14)8-4-12-11(18-6-8)2-3-13(15)19-12/h2-4,6-7H,5,16H2,1H3. The fourth-order valence-electron chi connectivity index (χ4n) is 1.67. The highest BCUT2D eigenvalue weighted by Crippen LogP contribution is 2.20. The molecule has 2 heterocycles. The molecule has 0 aliphatic rings. The van der Waals surface area contributed by atoms with Crippen molar-refractivity contribution in [3.05, 3.63) is 40.8 Å². The van der Waals surface area contributed by atoms with Gasteiger partial charge >= 0.3 is 0 Å². The van der Waals surface area contributed by atoms with Crippen LogP contribution in [0.15, 0.2) is 35.1 Å². The number of aliphatic imine (C=N–C) groups is 1. The summed E-state index contributed by atoms with van der Waals surface area (Å²) in [6.45, 7) is 0. The fraction of sp³-hybridized carbons (Fsp3) is 0.154. The molecule has 2 rings (SSSR count). The third-order valence-corrected chi connectivity index (χ3v) is 3.38. The molecule has 0 aromatic carbocycles. The van der Waals surface area contributed by atoms with E-state index in [0.29, 0.717) is 16.2 Å². The minimum Gasteiger partial charge on any atom is -0.401 e. The third kappa shape index (κ3) is 3.11. The lowest BCUT2D eigenvalue weighted by Gasteiger charge is -2.07. The summed E-state index contributed by atoms with van der Waals surface area (Å²) in [5.41, 5.74) is 9.88. The predicted molar refractivity (Wildman–Crippen MR) is 83.9 cm³/mol. The van der Waals surface area contributed by atoms with Gasteiger partial charge in [-0.3, -0.25) is 9.98 Å². The van der Waals surface area contributed by atoms with Crippen molar-refractivity contribution in [2.24, 2.45) is 10.7 Å². The maximum absolute atomic E-state index is 5.98. The molecule has 0 spiro atoms. The van der Waals surface area contributed by atoms with Crippen LogP contribution in [0, 0.1) is 0 Å². The molecule has 0 saturated carbocycles. The van der Waals surface area contributed by atoms with Gasteiger partial charge in [-0.1, -0.05) is 27.5 Å². The summed E-state index contributed by atoms with van der Waals surface area (Å²) in [4.78, 5) is 12.6. The summed E-state index contributed by atoms with van der Waals surface area (Å²) in [6, 6.07) is 5.45. The molecule has 2 aromatic rings. The van der Waals surface area contributed by atoms with Crippen molar-refractivity contribution >= 4 is 50.4 Å². The van der Waals surface area contributed by atoms with Crippen molar-refractivity contribution in [3.8, 4) is 0 Å². The number of rotatable bonds is 3. The SMILES string of the molecule is CN=CC(=C(N)CBr)c1cnc2ccc(Cl)nc2c1. The highest BCUT2D eigenvalue weighted by molar-refractivity contribution is 9.09. The Bertz CT molecular complexity index is 667. The Kier molecular flexibility index (Phi) is 4.50. The van der Waals surface area contributed by atoms with Crippen LogP contribution in [-0.4, -0.2) is 28.6 Å². The summed E-state index contributed by atoms with van der Waals surface area (Å²) in [5, 5.41) is 1.00. The van der Waals surface area contributed by atoms with E-state index in [4.69, 9.17) is 17.3 Å². The molecule has 0 unspecified atom stereocenters. The zero-order chi connectivity index (χ0) is 13.8. The normalized spacial score (nSPS) is 13.0. The Morgan fingerprint density at radius 1 is 1.47 bits per heavy atom. The number of nitrogens with zero attached hydrogens (tertiary/aromatic N) is 3. The van der Waals surface area contributed by atoms with Crippen molar-refractivity contribution in [2.75, 3.05) is 12.4 Å². The summed E-state index contributed by atoms with van der Waals surface area (Å²) >= 11 is 9.23. The van der Waals surface area contributed by atoms with Crippen LogP contribution in [0.2, 0.25) is 5.15 Å². The zero-order valence-electron chi connectivity index (χ0n) is 10.3. The van der Waals surface area contributed by atoms with Crippen molar-refractivity contribution in [3.63, 3.8) is 0 Å². The third-order valence-electron chi connectivity index (χ3n) is 2.56. The molecule has 0 fully saturated rings. The summed E-state index contributed by atoms with van der Waals surface area (Å²) in [7, 11) is 1.70. The molecule has 0 radical (unpaired) electrons. The number of pyridine rings is 2. The lowest BCUT2D eigenvalue weighted by Crippen LogP contribution is -2.05. The van der Waals surface area contributed by atoms with Gasteiger partial charge in [0, 0.05) is 41.6 Å². The second-order valence-electron chi connectivity index (χ2n) is 3.86. The van der Waals surface area contributed by atoms with E-state index >= 15 is 0 Å². The van der Waals surface area contributed by atoms with Gasteiger partial charge in [0.15, 0.2) is 0 Å². The van der Waals surface area contributed by atoms with Crippen molar-refractivity contribution in [1.82, 2.24) is 9.97 Å². The van der Waals surface area contributed by atoms with E-state index in [1.165, 1.54) is 0 Å². The van der Waals surface area contributed by atoms with Crippen LogP contribution in [0.25, 0.3) is 16.6 Å². The van der Waals surface area contributed by atoms with E-state index in [2.05, 4.69) is 30.9 Å². The van der Waals surface area contributed by atoms with Gasteiger partial charge in [-0.15, -0.1) is 0 Å². The first-order chi connectivity index (χ1) is 9.15. The molecule has 6 heteroatoms. The minimum atomic E-state index is 0.439. The van der Waals surface area contributed by atoms with Crippen LogP contribution >= 0.6 is 27.5 Å². The van der Waals surface area contributed by atoms with Gasteiger partial charge in [-0.2, -0.15) is 0 Å². The fourth-order valence-corrected chi connectivity index (χ4v) is 2.13. The number of alkyl halides is 1. The van der Waals surface area contributed by atoms with E-state index in [0.717, 1.165) is 22.2 Å². The average molecular weight is 340 g/mol. The molecule has 98 valence electrons. The van der Waals surface area contributed by atoms with Crippen molar-refractivity contribution in [2.45, 2.75) is 0 Å². The van der Waals surface area contributed by atoms with Gasteiger partial charge < -0.3 is 5.73 Å². The Labute approximate surface area is 124 Å². The molecule has 0 atom stereocenters. The average Bonchev–Trinajstić information content (AvgIpc) is 2.43. The Morgan fingerprint density at radius 3 is 2.95 bits per heavy atom. The van der Waals surface area contributed by atoms with E-state index in [-0.39, 0.29) is 0 Å². The molecule has 4 nitrogen and oxygen atoms in total. The molecule has 19 heavy (non-hydrogen) atoms. The quantitative estimate of drug-likeness (QED) is 0.531. The Hall–Kier alpha value is -1.46. The molecule has 2 N–H and O–H groups in total. The van der Waals surface area contributed by atoms with Crippen LogP contribution in [0.4, 0.5) is 0 Å². The van der Waals surface area contributed by atoms with Gasteiger partial charge in [-0.25, -0.2) is 4.98 Å². The van der Waals surface area contributed by atoms with Gasteiger partial charge in [0.1, 0.15) is 5.15 Å². The number of fused-ring (bicyclic) bond motifs is 1. The van der Waals surface area contributed by atoms with Crippen LogP contribution in [-0.2, 0) is 0 Å². The predicted octanol–water partition coefficient (Wildman–Crippen LogP) is 3.05. The molecule has 0 amide bonds. The van der Waals surface area contributed by atoms with Gasteiger partial charge in [0.25, 0.3) is 0 Å². The molecule has 0 saturated heterocycles. The van der Waals surface area contributed by atoms with Crippen LogP contribution in [0.1, 0.15) is 5.56 Å². The van der Waals surface area contributed by atoms with E-state index in [1.54, 1.807) is 25.5 Å². The highest BCUT2D eigenvalue weighted by atomic mass is 79.9. The molecular weight excluding hydrogens is 328 g/mol. The summed E-state index contributed by atoms with van der Waals surface area (Å²) < 4.78 is 0. The smallest absolute Gasteiger partial charge is 0.129 e. The lowest BCUT2D eigenvalue weighted by molar-refractivity contribution is 1.30. The molecular formula is C13H12BrClN4. The molecule has 0 aliphatic carbocycles. The monoisotopic (exact) mass is 338 g/mol. The van der Waals surface area contributed by atoms with Crippen LogP contribution < -0.4 is 5.73 Å². The van der Waals surface area contributed by atoms with Gasteiger partial charge in [-0.05, 0) is 18.2 Å². The number of halogens is 2. The molecule has 2 aromatic heterocycles. The van der Waals surface area contributed by atoms with Gasteiger partial charge in [0.05, 0.1) is 11.0 Å². The second kappa shape index (κ2) is 6.12. The first-order valence-corrected chi connectivity index (χ1v) is 7.05. The topological polar surface area (TPSA) is 64.2 Å². The largest absolute Gasteiger partial charge is 0.401 e. The number of aromatic nitrogens is 2. The van der Waals surface area contributed by atoms with Crippen molar-refractivity contribution in [1.29, 1.82) is 0 Å². The highest BCUT2D eigenvalue weighted by Gasteiger charge is 2.07. The van der Waals surface area contributed by atoms with Crippen LogP contribution in [0.3, 0.4) is 0 Å². The van der Waals surface area contributed by atoms with Crippen LogP contribution in [0.5, 0.6) is 0 Å². The summed E-state index contributed by atoms with van der Waals surface area (Å²) in [5.74, 6) is 0. The minimum absolute atomic E-state index is 0.439. The first-order valence-electron chi connectivity index (χ1n) is 5.55. The summed E-state index contributed by atoms with van der Waals surface area (Å²) in [6.07, 6.45) is 3.47.